The lowest BCUT2D eigenvalue weighted by Crippen LogP contribution is -1.97. The van der Waals surface area contributed by atoms with Gasteiger partial charge in [-0.2, -0.15) is 0 Å². The van der Waals surface area contributed by atoms with Crippen LogP contribution in [0.25, 0.3) is 265 Å². The van der Waals surface area contributed by atoms with E-state index in [2.05, 4.69) is 406 Å². The van der Waals surface area contributed by atoms with Crippen LogP contribution in [0.1, 0.15) is 0 Å². The molecule has 0 unspecified atom stereocenters. The minimum atomic E-state index is 0.733. The Labute approximate surface area is 777 Å². The minimum absolute atomic E-state index is 0.733. The van der Waals surface area contributed by atoms with E-state index >= 15 is 0 Å². The van der Waals surface area contributed by atoms with Crippen molar-refractivity contribution >= 4 is 131 Å². The molecule has 0 aliphatic heterocycles. The highest BCUT2D eigenvalue weighted by Gasteiger charge is 2.23. The second-order valence-corrected chi connectivity index (χ2v) is 34.3. The quantitative estimate of drug-likeness (QED) is 0.119. The molecule has 0 saturated heterocycles. The molecule has 0 atom stereocenters. The Balaban J connectivity index is 0.000000108. The van der Waals surface area contributed by atoms with Crippen LogP contribution in [0.5, 0.6) is 0 Å². The molecule has 0 radical (unpaired) electrons. The van der Waals surface area contributed by atoms with Crippen molar-refractivity contribution in [2.75, 3.05) is 0 Å². The molecule has 27 rings (SSSR count). The molecule has 6 aromatic heterocycles. The van der Waals surface area contributed by atoms with Crippen molar-refractivity contribution in [3.05, 3.63) is 479 Å². The zero-order valence-electron chi connectivity index (χ0n) is 73.1. The first-order chi connectivity index (χ1) is 66.9. The van der Waals surface area contributed by atoms with E-state index in [4.69, 9.17) is 38.2 Å². The van der Waals surface area contributed by atoms with Crippen LogP contribution in [0.15, 0.2) is 492 Å². The molecule has 8 heteroatoms. The van der Waals surface area contributed by atoms with Gasteiger partial charge in [-0.25, -0.2) is 24.9 Å². The first-order valence-electron chi connectivity index (χ1n) is 45.6. The summed E-state index contributed by atoms with van der Waals surface area (Å²) in [7, 11) is 0. The lowest BCUT2D eigenvalue weighted by molar-refractivity contribution is 0.668. The normalized spacial score (nSPS) is 11.6. The van der Waals surface area contributed by atoms with Crippen molar-refractivity contribution in [3.63, 3.8) is 0 Å². The van der Waals surface area contributed by atoms with Crippen molar-refractivity contribution < 1.29 is 13.3 Å². The van der Waals surface area contributed by atoms with Gasteiger partial charge >= 0.3 is 0 Å². The Bertz CT molecular complexity index is 9290. The Morgan fingerprint density at radius 1 is 0.148 bits per heavy atom. The zero-order chi connectivity index (χ0) is 89.2. The monoisotopic (exact) mass is 1720 g/mol. The van der Waals surface area contributed by atoms with Gasteiger partial charge < -0.3 is 13.3 Å². The number of aromatic nitrogens is 5. The Morgan fingerprint density at radius 2 is 0.511 bits per heavy atom. The second-order valence-electron chi connectivity index (χ2n) is 34.3. The van der Waals surface area contributed by atoms with Gasteiger partial charge in [0.25, 0.3) is 0 Å². The van der Waals surface area contributed by atoms with Gasteiger partial charge in [0, 0.05) is 82.0 Å². The van der Waals surface area contributed by atoms with Crippen LogP contribution in [-0.4, -0.2) is 24.9 Å². The van der Waals surface area contributed by atoms with E-state index in [-0.39, 0.29) is 0 Å². The van der Waals surface area contributed by atoms with Gasteiger partial charge in [-0.1, -0.05) is 400 Å². The average Bonchev–Trinajstić information content (AvgIpc) is 1.72. The number of hydrogen-bond acceptors (Lipinski definition) is 8. The predicted molar refractivity (Wildman–Crippen MR) is 560 cm³/mol. The highest BCUT2D eigenvalue weighted by molar-refractivity contribution is 6.16. The molecule has 0 aliphatic rings. The first kappa shape index (κ1) is 79.1. The highest BCUT2D eigenvalue weighted by atomic mass is 16.3. The van der Waals surface area contributed by atoms with E-state index < -0.39 is 0 Å². The zero-order valence-corrected chi connectivity index (χ0v) is 73.1. The fraction of sp³-hybridized carbons (Fsp3) is 0. The first-order valence-corrected chi connectivity index (χ1v) is 45.6. The maximum Gasteiger partial charge on any atom is 0.161 e. The second kappa shape index (κ2) is 33.8. The topological polar surface area (TPSA) is 104 Å². The molecule has 630 valence electrons. The summed E-state index contributed by atoms with van der Waals surface area (Å²) in [5.74, 6) is 0.733. The number of para-hydroxylation sites is 4. The number of pyridine rings is 1. The van der Waals surface area contributed by atoms with Gasteiger partial charge in [-0.15, -0.1) is 0 Å². The molecule has 0 amide bonds. The van der Waals surface area contributed by atoms with E-state index in [1.54, 1.807) is 0 Å². The number of fused-ring (bicyclic) bond motifs is 15. The number of nitrogens with zero attached hydrogens (tertiary/aromatic N) is 5. The number of rotatable bonds is 12. The Morgan fingerprint density at radius 3 is 1.05 bits per heavy atom. The summed E-state index contributed by atoms with van der Waals surface area (Å²) in [5, 5.41) is 17.4. The maximum absolute atomic E-state index is 6.15. The minimum Gasteiger partial charge on any atom is -0.456 e. The molecular weight excluding hydrogens is 1640 g/mol. The molecule has 21 aromatic carbocycles. The van der Waals surface area contributed by atoms with E-state index in [1.165, 1.54) is 60.1 Å². The third-order valence-corrected chi connectivity index (χ3v) is 26.2. The van der Waals surface area contributed by atoms with Crippen LogP contribution < -0.4 is 0 Å². The summed E-state index contributed by atoms with van der Waals surface area (Å²) in [6.45, 7) is 0. The summed E-state index contributed by atoms with van der Waals surface area (Å²) in [6, 6.07) is 168. The fourth-order valence-electron chi connectivity index (χ4n) is 19.6. The maximum atomic E-state index is 6.15. The van der Waals surface area contributed by atoms with Crippen molar-refractivity contribution in [3.8, 4) is 134 Å². The van der Waals surface area contributed by atoms with Crippen LogP contribution in [0.4, 0.5) is 0 Å². The fourth-order valence-corrected chi connectivity index (χ4v) is 19.6. The molecule has 0 bridgehead atoms. The van der Waals surface area contributed by atoms with E-state index in [0.717, 1.165) is 205 Å². The summed E-state index contributed by atoms with van der Waals surface area (Å²) < 4.78 is 18.4. The van der Waals surface area contributed by atoms with Crippen molar-refractivity contribution in [1.29, 1.82) is 0 Å². The molecule has 6 heterocycles. The molecule has 27 aromatic rings. The molecule has 135 heavy (non-hydrogen) atoms. The predicted octanol–water partition coefficient (Wildman–Crippen LogP) is 34.7. The summed E-state index contributed by atoms with van der Waals surface area (Å²) in [4.78, 5) is 26.2. The van der Waals surface area contributed by atoms with Crippen molar-refractivity contribution in [2.45, 2.75) is 0 Å². The Hall–Kier alpha value is -18.1. The average molecular weight is 1720 g/mol. The van der Waals surface area contributed by atoms with Crippen LogP contribution in [0, 0.1) is 0 Å². The van der Waals surface area contributed by atoms with Gasteiger partial charge in [0.1, 0.15) is 33.5 Å². The molecular formula is C127H79N5O3. The van der Waals surface area contributed by atoms with Gasteiger partial charge in [0.2, 0.25) is 0 Å². The Kier molecular flexibility index (Phi) is 19.8. The lowest BCUT2D eigenvalue weighted by Gasteiger charge is -2.14. The van der Waals surface area contributed by atoms with Gasteiger partial charge in [-0.05, 0) is 178 Å². The third kappa shape index (κ3) is 14.7. The van der Waals surface area contributed by atoms with Crippen molar-refractivity contribution in [1.82, 2.24) is 24.9 Å². The SMILES string of the molecule is c1ccc(-c2cc3cc(-c4ccc(-c5cccc6oc7ccccc7c56)cc4)ccc3c(-c3ccc4ccccc4c3)n2)cc1.c1ccc(-c2nc(-c3cccc4ccccc34)nc3ccc(-c4ccc(-c5cccc6oc7ccccc7c56)cc4)cc23)cc1.c1ccc(-c2nc3c(-c4ccc(-c5cccc6oc7ccccc7c56)cc4)cccc3nc2-c2ccc3ccccc3c2)cc1. The van der Waals surface area contributed by atoms with Crippen LogP contribution in [-0.2, 0) is 0 Å². The van der Waals surface area contributed by atoms with Crippen molar-refractivity contribution in [2.24, 2.45) is 0 Å². The summed E-state index contributed by atoms with van der Waals surface area (Å²) >= 11 is 0. The highest BCUT2D eigenvalue weighted by Crippen LogP contribution is 2.46. The third-order valence-electron chi connectivity index (χ3n) is 26.2. The number of furan rings is 3. The van der Waals surface area contributed by atoms with Crippen LogP contribution in [0.3, 0.4) is 0 Å². The van der Waals surface area contributed by atoms with Gasteiger partial charge in [-0.3, -0.25) is 0 Å². The molecule has 0 saturated carbocycles. The van der Waals surface area contributed by atoms with Crippen LogP contribution in [0.2, 0.25) is 0 Å². The van der Waals surface area contributed by atoms with Crippen LogP contribution >= 0.6 is 0 Å². The van der Waals surface area contributed by atoms with E-state index in [0.29, 0.717) is 0 Å². The van der Waals surface area contributed by atoms with E-state index in [1.807, 2.05) is 72.8 Å². The smallest absolute Gasteiger partial charge is 0.161 e. The summed E-state index contributed by atoms with van der Waals surface area (Å²) in [6.07, 6.45) is 0. The standard InChI is InChI=1S/C43H27NO.2C42H26N2O/c1-2-10-31(11-3-1)39-27-35-26-33(23-24-37(35)43(44-39)34-22-19-28-9-4-5-12-32(28)25-34)29-17-20-30(21-18-29)36-14-8-16-41-42(36)38-13-6-7-15-40(38)45-41;1-2-11-30(12-3-1)41-36-26-31(24-25-37(36)43-42(44-41)34-17-8-13-28-10-4-5-14-32(28)34)27-20-22-29(23-21-27)33-16-9-19-39-40(33)35-15-6-7-18-38(35)45-39;1-2-11-30(12-3-1)40-41(32-25-20-27-10-4-5-13-31(27)26-32)43-36-17-8-16-34(42(36)44-40)29-23-21-28(22-24-29)33-15-9-19-38-39(33)35-14-6-7-18-37(35)45-38/h1-27H;2*1-26H. The lowest BCUT2D eigenvalue weighted by atomic mass is 9.94. The van der Waals surface area contributed by atoms with Gasteiger partial charge in [0.15, 0.2) is 5.82 Å². The van der Waals surface area contributed by atoms with E-state index in [9.17, 15) is 0 Å². The summed E-state index contributed by atoms with van der Waals surface area (Å²) in [5.41, 5.74) is 33.0. The number of hydrogen-bond donors (Lipinski definition) is 0. The molecule has 0 aliphatic carbocycles. The molecule has 0 fully saturated rings. The van der Waals surface area contributed by atoms with Gasteiger partial charge in [0.05, 0.1) is 45.0 Å². The molecule has 0 N–H and O–H groups in total. The molecule has 0 spiro atoms. The molecule has 8 nitrogen and oxygen atoms in total. The largest absolute Gasteiger partial charge is 0.456 e. The number of benzene rings is 21.